The number of hydrogen-bond acceptors (Lipinski definition) is 0. The maximum Gasteiger partial charge on any atom is 0.101 e. The van der Waals surface area contributed by atoms with Gasteiger partial charge in [0.25, 0.3) is 0 Å². The lowest BCUT2D eigenvalue weighted by atomic mass is 9.99. The van der Waals surface area contributed by atoms with Gasteiger partial charge in [0.2, 0.25) is 0 Å². The number of unbranched alkanes of at least 4 members (excludes halogenated alkanes) is 4. The highest BCUT2D eigenvalue weighted by Crippen LogP contribution is 2.02. The predicted octanol–water partition coefficient (Wildman–Crippen LogP) is 2.43. The summed E-state index contributed by atoms with van der Waals surface area (Å²) in [4.78, 5) is 0. The van der Waals surface area contributed by atoms with Crippen LogP contribution >= 0.6 is 12.4 Å². The van der Waals surface area contributed by atoms with Gasteiger partial charge in [0.05, 0.1) is 0 Å². The Bertz CT molecular complexity index is 33.9. The molecular weight excluding hydrogens is 130 g/mol. The van der Waals surface area contributed by atoms with E-state index in [1.807, 2.05) is 0 Å². The van der Waals surface area contributed by atoms with E-state index in [2.05, 4.69) is 14.8 Å². The van der Waals surface area contributed by atoms with Crippen molar-refractivity contribution in [1.29, 1.82) is 0 Å². The molecule has 0 saturated heterocycles. The summed E-state index contributed by atoms with van der Waals surface area (Å²) >= 11 is 0. The highest BCUT2D eigenvalue weighted by molar-refractivity contribution is 6.08. The normalized spacial score (nSPS) is 8.56. The highest BCUT2D eigenvalue weighted by atomic mass is 35.5. The van der Waals surface area contributed by atoms with Crippen molar-refractivity contribution in [2.24, 2.45) is 0 Å². The Labute approximate surface area is 66.2 Å². The minimum atomic E-state index is 0. The van der Waals surface area contributed by atoms with E-state index in [0.717, 1.165) is 0 Å². The van der Waals surface area contributed by atoms with Gasteiger partial charge in [-0.25, -0.2) is 0 Å². The van der Waals surface area contributed by atoms with Gasteiger partial charge in [-0.3, -0.25) is 0 Å². The Kier molecular flexibility index (Phi) is 15.0. The largest absolute Gasteiger partial charge is 0.147 e. The summed E-state index contributed by atoms with van der Waals surface area (Å²) in [6, 6.07) is 0. The third-order valence-electron chi connectivity index (χ3n) is 1.46. The van der Waals surface area contributed by atoms with Gasteiger partial charge in [-0.2, -0.15) is 0 Å². The van der Waals surface area contributed by atoms with Crippen molar-refractivity contribution in [2.45, 2.75) is 45.3 Å². The van der Waals surface area contributed by atoms with Crippen molar-refractivity contribution in [3.8, 4) is 0 Å². The summed E-state index contributed by atoms with van der Waals surface area (Å²) < 4.78 is 0. The van der Waals surface area contributed by atoms with Gasteiger partial charge >= 0.3 is 0 Å². The van der Waals surface area contributed by atoms with Crippen LogP contribution in [0.3, 0.4) is 0 Å². The van der Waals surface area contributed by atoms with Gasteiger partial charge in [0, 0.05) is 0 Å². The van der Waals surface area contributed by atoms with Gasteiger partial charge in [0.1, 0.15) is 7.85 Å². The van der Waals surface area contributed by atoms with Crippen LogP contribution in [0.15, 0.2) is 0 Å². The molecule has 0 rings (SSSR count). The molecule has 56 valence electrons. The van der Waals surface area contributed by atoms with Crippen LogP contribution in [0.4, 0.5) is 0 Å². The number of halogens is 1. The van der Waals surface area contributed by atoms with Crippen molar-refractivity contribution >= 4 is 20.3 Å². The molecule has 9 heavy (non-hydrogen) atoms. The van der Waals surface area contributed by atoms with E-state index in [1.54, 1.807) is 0 Å². The molecule has 2 heteroatoms. The summed E-state index contributed by atoms with van der Waals surface area (Å²) in [5, 5.41) is 0. The van der Waals surface area contributed by atoms with Crippen LogP contribution in [-0.4, -0.2) is 7.85 Å². The maximum atomic E-state index is 2.26. The number of rotatable bonds is 5. The summed E-state index contributed by atoms with van der Waals surface area (Å²) in [7, 11) is 2.26. The summed E-state index contributed by atoms with van der Waals surface area (Å²) in [5.74, 6) is 0. The molecule has 0 N–H and O–H groups in total. The molecule has 0 aliphatic heterocycles. The van der Waals surface area contributed by atoms with Crippen molar-refractivity contribution in [1.82, 2.24) is 0 Å². The Hall–Kier alpha value is 0.355. The summed E-state index contributed by atoms with van der Waals surface area (Å²) in [5.41, 5.74) is 0. The fraction of sp³-hybridized carbons (Fsp3) is 1.00. The van der Waals surface area contributed by atoms with Crippen LogP contribution in [0.1, 0.15) is 39.0 Å². The van der Waals surface area contributed by atoms with Crippen LogP contribution in [0, 0.1) is 0 Å². The molecule has 0 fully saturated rings. The molecule has 0 bridgehead atoms. The predicted molar refractivity (Wildman–Crippen MR) is 49.4 cm³/mol. The average Bonchev–Trinajstić information content (AvgIpc) is 1.81. The Morgan fingerprint density at radius 1 is 1.00 bits per heavy atom. The quantitative estimate of drug-likeness (QED) is 0.415. The minimum Gasteiger partial charge on any atom is -0.147 e. The van der Waals surface area contributed by atoms with Crippen molar-refractivity contribution in [3.05, 3.63) is 0 Å². The minimum absolute atomic E-state index is 0. The Balaban J connectivity index is 0. The molecule has 0 atom stereocenters. The maximum absolute atomic E-state index is 2.26. The molecule has 0 aliphatic carbocycles. The fourth-order valence-corrected chi connectivity index (χ4v) is 0.854. The Morgan fingerprint density at radius 2 is 1.56 bits per heavy atom. The first-order valence-corrected chi connectivity index (χ1v) is 3.91. The standard InChI is InChI=1S/C7H17B.ClH/c1-2-3-4-5-6-7-8;/h2-8H2,1H3;1H. The van der Waals surface area contributed by atoms with Crippen molar-refractivity contribution in [2.75, 3.05) is 0 Å². The molecule has 0 aromatic heterocycles. The van der Waals surface area contributed by atoms with Gasteiger partial charge in [-0.05, 0) is 0 Å². The third-order valence-corrected chi connectivity index (χ3v) is 1.46. The van der Waals surface area contributed by atoms with E-state index in [-0.39, 0.29) is 12.4 Å². The van der Waals surface area contributed by atoms with E-state index in [4.69, 9.17) is 0 Å². The molecule has 0 heterocycles. The zero-order valence-corrected chi connectivity index (χ0v) is 7.47. The molecule has 0 nitrogen and oxygen atoms in total. The van der Waals surface area contributed by atoms with Crippen LogP contribution in [0.25, 0.3) is 0 Å². The Morgan fingerprint density at radius 3 is 2.00 bits per heavy atom. The zero-order valence-electron chi connectivity index (χ0n) is 6.65. The molecule has 0 unspecified atom stereocenters. The van der Waals surface area contributed by atoms with Crippen LogP contribution in [0.5, 0.6) is 0 Å². The van der Waals surface area contributed by atoms with E-state index < -0.39 is 0 Å². The lowest BCUT2D eigenvalue weighted by molar-refractivity contribution is 0.656. The topological polar surface area (TPSA) is 0 Å². The molecule has 0 radical (unpaired) electrons. The first-order chi connectivity index (χ1) is 3.91. The van der Waals surface area contributed by atoms with Crippen LogP contribution in [-0.2, 0) is 0 Å². The molecule has 0 saturated carbocycles. The van der Waals surface area contributed by atoms with Gasteiger partial charge in [-0.15, -0.1) is 12.4 Å². The molecule has 0 aromatic carbocycles. The van der Waals surface area contributed by atoms with Crippen LogP contribution in [0.2, 0.25) is 6.32 Å². The second-order valence-corrected chi connectivity index (χ2v) is 2.41. The smallest absolute Gasteiger partial charge is 0.101 e. The number of hydrogen-bond donors (Lipinski definition) is 0. The van der Waals surface area contributed by atoms with Gasteiger partial charge in [-0.1, -0.05) is 45.3 Å². The second-order valence-electron chi connectivity index (χ2n) is 2.41. The lowest BCUT2D eigenvalue weighted by Gasteiger charge is -1.93. The van der Waals surface area contributed by atoms with Crippen LogP contribution < -0.4 is 0 Å². The molecular formula is C7H18BCl. The van der Waals surface area contributed by atoms with E-state index in [0.29, 0.717) is 0 Å². The summed E-state index contributed by atoms with van der Waals surface area (Å²) in [6.45, 7) is 2.26. The first-order valence-electron chi connectivity index (χ1n) is 3.91. The molecule has 0 aromatic rings. The van der Waals surface area contributed by atoms with E-state index in [1.165, 1.54) is 38.4 Å². The molecule has 0 amide bonds. The lowest BCUT2D eigenvalue weighted by Crippen LogP contribution is -1.75. The second kappa shape index (κ2) is 11.2. The average molecular weight is 148 g/mol. The van der Waals surface area contributed by atoms with Gasteiger partial charge in [0.15, 0.2) is 0 Å². The highest BCUT2D eigenvalue weighted by Gasteiger charge is 1.83. The van der Waals surface area contributed by atoms with E-state index in [9.17, 15) is 0 Å². The zero-order chi connectivity index (χ0) is 6.24. The van der Waals surface area contributed by atoms with Crippen molar-refractivity contribution < 1.29 is 0 Å². The fourth-order valence-electron chi connectivity index (χ4n) is 0.854. The SMILES string of the molecule is BCCCCCCC.Cl. The molecule has 0 spiro atoms. The molecule has 0 aliphatic rings. The monoisotopic (exact) mass is 148 g/mol. The first kappa shape index (κ1) is 12.1. The van der Waals surface area contributed by atoms with Gasteiger partial charge < -0.3 is 0 Å². The third kappa shape index (κ3) is 11.8. The van der Waals surface area contributed by atoms with E-state index >= 15 is 0 Å². The summed E-state index contributed by atoms with van der Waals surface area (Å²) in [6.07, 6.45) is 8.49. The van der Waals surface area contributed by atoms with Crippen molar-refractivity contribution in [3.63, 3.8) is 0 Å².